The number of fused-ring (bicyclic) bond motifs is 2. The summed E-state index contributed by atoms with van der Waals surface area (Å²) < 4.78 is 17.7. The first-order chi connectivity index (χ1) is 25.7. The number of nitrogens with zero attached hydrogens (tertiary/aromatic N) is 7. The lowest BCUT2D eigenvalue weighted by molar-refractivity contribution is 0.0183. The minimum Gasteiger partial charge on any atom is -0.461 e. The first kappa shape index (κ1) is 35.8. The molecular formula is C41H47N7O5. The zero-order valence-corrected chi connectivity index (χ0v) is 30.7. The quantitative estimate of drug-likeness (QED) is 0.184. The molecule has 7 rings (SSSR count). The molecule has 3 aromatic carbocycles. The minimum atomic E-state index is -0.592. The summed E-state index contributed by atoms with van der Waals surface area (Å²) in [6.07, 6.45) is 1.62. The van der Waals surface area contributed by atoms with Gasteiger partial charge < -0.3 is 33.8 Å². The summed E-state index contributed by atoms with van der Waals surface area (Å²) in [5.74, 6) is 0.769. The number of ether oxygens (including phenoxy) is 3. The number of carbonyl (C=O) groups excluding carboxylic acids is 2. The second-order valence-corrected chi connectivity index (χ2v) is 14.9. The molecule has 4 aromatic rings. The zero-order chi connectivity index (χ0) is 37.0. The molecule has 0 bridgehead atoms. The number of rotatable bonds is 8. The van der Waals surface area contributed by atoms with E-state index in [1.807, 2.05) is 51.1 Å². The van der Waals surface area contributed by atoms with Gasteiger partial charge in [-0.25, -0.2) is 16.2 Å². The average molecular weight is 718 g/mol. The molecule has 12 nitrogen and oxygen atoms in total. The molecule has 276 valence electrons. The van der Waals surface area contributed by atoms with Crippen LogP contribution in [0.5, 0.6) is 6.01 Å². The largest absolute Gasteiger partial charge is 0.461 e. The Kier molecular flexibility index (Phi) is 10.5. The van der Waals surface area contributed by atoms with E-state index in [0.29, 0.717) is 32.7 Å². The van der Waals surface area contributed by atoms with Crippen LogP contribution in [0.2, 0.25) is 0 Å². The van der Waals surface area contributed by atoms with E-state index in [9.17, 15) is 9.59 Å². The van der Waals surface area contributed by atoms with Crippen molar-refractivity contribution in [3.05, 3.63) is 101 Å². The Bertz CT molecular complexity index is 1970. The van der Waals surface area contributed by atoms with Gasteiger partial charge in [0.2, 0.25) is 6.54 Å². The van der Waals surface area contributed by atoms with E-state index >= 15 is 0 Å². The molecule has 12 heteroatoms. The van der Waals surface area contributed by atoms with Gasteiger partial charge in [-0.2, -0.15) is 9.97 Å². The average Bonchev–Trinajstić information content (AvgIpc) is 3.64. The summed E-state index contributed by atoms with van der Waals surface area (Å²) in [5, 5.41) is 2.37. The highest BCUT2D eigenvalue weighted by Gasteiger charge is 2.37. The van der Waals surface area contributed by atoms with Crippen molar-refractivity contribution in [2.45, 2.75) is 70.9 Å². The summed E-state index contributed by atoms with van der Waals surface area (Å²) in [4.78, 5) is 48.0. The third-order valence-corrected chi connectivity index (χ3v) is 10.1. The second kappa shape index (κ2) is 15.6. The summed E-state index contributed by atoms with van der Waals surface area (Å²) in [6, 6.07) is 24.1. The van der Waals surface area contributed by atoms with Crippen LogP contribution in [-0.2, 0) is 29.0 Å². The number of piperazine rings is 1. The zero-order valence-electron chi connectivity index (χ0n) is 30.7. The topological polar surface area (TPSA) is 105 Å². The molecule has 2 amide bonds. The van der Waals surface area contributed by atoms with Gasteiger partial charge in [-0.15, -0.1) is 0 Å². The highest BCUT2D eigenvalue weighted by molar-refractivity contribution is 5.94. The fourth-order valence-electron chi connectivity index (χ4n) is 7.50. The maximum atomic E-state index is 13.3. The van der Waals surface area contributed by atoms with Crippen LogP contribution in [0.4, 0.5) is 21.1 Å². The molecule has 0 radical (unpaired) electrons. The fourth-order valence-corrected chi connectivity index (χ4v) is 7.50. The molecule has 3 aliphatic heterocycles. The van der Waals surface area contributed by atoms with E-state index in [4.69, 9.17) is 30.8 Å². The Hall–Kier alpha value is -5.57. The van der Waals surface area contributed by atoms with E-state index in [-0.39, 0.29) is 43.9 Å². The number of amides is 2. The third-order valence-electron chi connectivity index (χ3n) is 10.1. The van der Waals surface area contributed by atoms with Gasteiger partial charge in [0.15, 0.2) is 0 Å². The van der Waals surface area contributed by atoms with Gasteiger partial charge in [-0.05, 0) is 57.0 Å². The maximum Gasteiger partial charge on any atom is 0.410 e. The Morgan fingerprint density at radius 1 is 0.868 bits per heavy atom. The van der Waals surface area contributed by atoms with Crippen LogP contribution >= 0.6 is 0 Å². The highest BCUT2D eigenvalue weighted by Crippen LogP contribution is 2.35. The number of anilines is 2. The molecule has 2 saturated heterocycles. The highest BCUT2D eigenvalue weighted by atomic mass is 16.6. The van der Waals surface area contributed by atoms with Crippen LogP contribution in [0.15, 0.2) is 72.8 Å². The standard InChI is InChI=1S/C41H47N7O5/c1-41(2,3)53-40(50)47-20-11-16-31(47)28-51-38-43-35-26-45(36-18-10-15-30-14-8-9-17-33(30)36)21-19-34(35)37(44-38)46-22-23-48(32(25-46)24-42-4)39(49)52-27-29-12-6-5-7-13-29/h5-10,12-15,17-18,31-32H,11,16,19-28H2,1-3H3/t31-,32?/m0/s1. The van der Waals surface area contributed by atoms with Crippen molar-refractivity contribution in [1.82, 2.24) is 19.8 Å². The van der Waals surface area contributed by atoms with E-state index in [1.165, 1.54) is 10.8 Å². The summed E-state index contributed by atoms with van der Waals surface area (Å²) >= 11 is 0. The summed E-state index contributed by atoms with van der Waals surface area (Å²) in [6.45, 7) is 17.1. The van der Waals surface area contributed by atoms with E-state index in [2.05, 4.69) is 57.1 Å². The summed E-state index contributed by atoms with van der Waals surface area (Å²) in [5.41, 5.74) is 3.39. The van der Waals surface area contributed by atoms with Crippen LogP contribution in [0.1, 0.15) is 50.4 Å². The van der Waals surface area contributed by atoms with Gasteiger partial charge in [0, 0.05) is 49.4 Å². The van der Waals surface area contributed by atoms with Crippen LogP contribution < -0.4 is 14.5 Å². The van der Waals surface area contributed by atoms with E-state index in [0.717, 1.165) is 54.1 Å². The van der Waals surface area contributed by atoms with Crippen molar-refractivity contribution in [2.75, 3.05) is 55.7 Å². The molecule has 1 aromatic heterocycles. The van der Waals surface area contributed by atoms with E-state index < -0.39 is 11.7 Å². The van der Waals surface area contributed by atoms with Crippen molar-refractivity contribution in [3.63, 3.8) is 0 Å². The van der Waals surface area contributed by atoms with Gasteiger partial charge in [0.05, 0.1) is 18.3 Å². The number of likely N-dealkylation sites (tertiary alicyclic amines) is 1. The van der Waals surface area contributed by atoms with Crippen molar-refractivity contribution in [1.29, 1.82) is 0 Å². The Morgan fingerprint density at radius 3 is 2.45 bits per heavy atom. The van der Waals surface area contributed by atoms with Gasteiger partial charge >= 0.3 is 18.2 Å². The number of hydrogen-bond acceptors (Lipinski definition) is 9. The van der Waals surface area contributed by atoms with Crippen LogP contribution in [0, 0.1) is 6.57 Å². The van der Waals surface area contributed by atoms with Crippen molar-refractivity contribution < 1.29 is 23.8 Å². The molecule has 1 unspecified atom stereocenters. The van der Waals surface area contributed by atoms with Gasteiger partial charge in [0.25, 0.3) is 0 Å². The normalized spacial score (nSPS) is 18.8. The lowest BCUT2D eigenvalue weighted by Gasteiger charge is -2.40. The first-order valence-electron chi connectivity index (χ1n) is 18.5. The van der Waals surface area contributed by atoms with Crippen molar-refractivity contribution >= 4 is 34.5 Å². The molecule has 0 spiro atoms. The molecule has 4 heterocycles. The van der Waals surface area contributed by atoms with E-state index in [1.54, 1.807) is 9.80 Å². The first-order valence-corrected chi connectivity index (χ1v) is 18.5. The number of carbonyl (C=O) groups is 2. The van der Waals surface area contributed by atoms with Gasteiger partial charge in [-0.1, -0.05) is 66.7 Å². The third kappa shape index (κ3) is 8.25. The smallest absolute Gasteiger partial charge is 0.410 e. The SMILES string of the molecule is [C-]#[N+]CC1CN(c2nc(OC[C@@H]3CCCN3C(=O)OC(C)(C)C)nc3c2CCN(c2cccc4ccccc24)C3)CCN1C(=O)OCc1ccccc1. The number of benzene rings is 3. The molecule has 0 saturated carbocycles. The number of aromatic nitrogens is 2. The number of hydrogen-bond donors (Lipinski definition) is 0. The summed E-state index contributed by atoms with van der Waals surface area (Å²) in [7, 11) is 0. The molecule has 53 heavy (non-hydrogen) atoms. The lowest BCUT2D eigenvalue weighted by atomic mass is 10.0. The van der Waals surface area contributed by atoms with Crippen LogP contribution in [0.25, 0.3) is 15.6 Å². The maximum absolute atomic E-state index is 13.3. The fraction of sp³-hybridized carbons (Fsp3) is 0.439. The van der Waals surface area contributed by atoms with Crippen LogP contribution in [-0.4, -0.2) is 95.5 Å². The lowest BCUT2D eigenvalue weighted by Crippen LogP contribution is -2.57. The van der Waals surface area contributed by atoms with Crippen molar-refractivity contribution in [2.24, 2.45) is 0 Å². The van der Waals surface area contributed by atoms with Crippen molar-refractivity contribution in [3.8, 4) is 6.01 Å². The molecule has 0 aliphatic carbocycles. The van der Waals surface area contributed by atoms with Gasteiger partial charge in [-0.3, -0.25) is 4.90 Å². The second-order valence-electron chi connectivity index (χ2n) is 14.9. The van der Waals surface area contributed by atoms with Crippen LogP contribution in [0.3, 0.4) is 0 Å². The minimum absolute atomic E-state index is 0.143. The Morgan fingerprint density at radius 2 is 1.64 bits per heavy atom. The molecule has 2 atom stereocenters. The predicted molar refractivity (Wildman–Crippen MR) is 203 cm³/mol. The molecule has 0 N–H and O–H groups in total. The Labute approximate surface area is 311 Å². The predicted octanol–water partition coefficient (Wildman–Crippen LogP) is 6.72. The van der Waals surface area contributed by atoms with Gasteiger partial charge in [0.1, 0.15) is 30.7 Å². The molecule has 3 aliphatic rings. The monoisotopic (exact) mass is 717 g/mol. The molecular weight excluding hydrogens is 670 g/mol. The molecule has 2 fully saturated rings. The Balaban J connectivity index is 1.14.